The van der Waals surface area contributed by atoms with Crippen LogP contribution in [-0.4, -0.2) is 17.0 Å². The number of benzene rings is 2. The van der Waals surface area contributed by atoms with Gasteiger partial charge in [0.25, 0.3) is 0 Å². The van der Waals surface area contributed by atoms with Gasteiger partial charge in [0.2, 0.25) is 5.91 Å². The summed E-state index contributed by atoms with van der Waals surface area (Å²) in [5.41, 5.74) is 1.44. The van der Waals surface area contributed by atoms with Crippen molar-refractivity contribution in [2.75, 3.05) is 5.32 Å². The molecule has 0 aliphatic rings. The molecule has 2 aromatic rings. The Morgan fingerprint density at radius 1 is 1.08 bits per heavy atom. The fourth-order valence-electron chi connectivity index (χ4n) is 2.50. The molecule has 25 heavy (non-hydrogen) atoms. The minimum Gasteiger partial charge on any atom is -0.481 e. The Hall–Kier alpha value is -2.76. The van der Waals surface area contributed by atoms with Crippen molar-refractivity contribution in [2.45, 2.75) is 32.1 Å². The third kappa shape index (κ3) is 4.86. The van der Waals surface area contributed by atoms with E-state index in [0.29, 0.717) is 11.3 Å². The highest BCUT2D eigenvalue weighted by Gasteiger charge is 2.16. The third-order valence-electron chi connectivity index (χ3n) is 4.05. The molecule has 1 amide bonds. The van der Waals surface area contributed by atoms with E-state index in [2.05, 4.69) is 5.32 Å². The normalized spacial score (nSPS) is 13.1. The zero-order chi connectivity index (χ0) is 18.6. The van der Waals surface area contributed by atoms with Crippen LogP contribution in [0.2, 0.25) is 0 Å². The van der Waals surface area contributed by atoms with Gasteiger partial charge in [-0.15, -0.1) is 0 Å². The number of amides is 1. The SMILES string of the molecule is CC(CC(=O)Nc1ccc(C(C)C(=O)O)cc1)c1ccc(F)cc1F. The monoisotopic (exact) mass is 347 g/mol. The smallest absolute Gasteiger partial charge is 0.310 e. The van der Waals surface area contributed by atoms with E-state index >= 15 is 0 Å². The molecule has 2 N–H and O–H groups in total. The largest absolute Gasteiger partial charge is 0.481 e. The third-order valence-corrected chi connectivity index (χ3v) is 4.05. The molecule has 6 heteroatoms. The van der Waals surface area contributed by atoms with Crippen molar-refractivity contribution in [1.29, 1.82) is 0 Å². The summed E-state index contributed by atoms with van der Waals surface area (Å²) >= 11 is 0. The number of nitrogens with one attached hydrogen (secondary N) is 1. The van der Waals surface area contributed by atoms with E-state index < -0.39 is 29.4 Å². The number of rotatable bonds is 6. The summed E-state index contributed by atoms with van der Waals surface area (Å²) in [5, 5.41) is 11.7. The number of carboxylic acid groups (broad SMARTS) is 1. The lowest BCUT2D eigenvalue weighted by Gasteiger charge is -2.13. The van der Waals surface area contributed by atoms with E-state index in [1.165, 1.54) is 6.07 Å². The van der Waals surface area contributed by atoms with Gasteiger partial charge in [0.1, 0.15) is 11.6 Å². The van der Waals surface area contributed by atoms with Crippen molar-refractivity contribution in [1.82, 2.24) is 0 Å². The zero-order valence-electron chi connectivity index (χ0n) is 13.9. The molecule has 2 aromatic carbocycles. The average molecular weight is 347 g/mol. The van der Waals surface area contributed by atoms with Gasteiger partial charge in [-0.1, -0.05) is 25.1 Å². The maximum absolute atomic E-state index is 13.7. The van der Waals surface area contributed by atoms with Gasteiger partial charge in [-0.3, -0.25) is 9.59 Å². The molecule has 0 saturated heterocycles. The van der Waals surface area contributed by atoms with Crippen LogP contribution in [0.15, 0.2) is 42.5 Å². The first-order valence-corrected chi connectivity index (χ1v) is 7.85. The summed E-state index contributed by atoms with van der Waals surface area (Å²) in [7, 11) is 0. The van der Waals surface area contributed by atoms with Gasteiger partial charge in [-0.05, 0) is 42.2 Å². The average Bonchev–Trinajstić information content (AvgIpc) is 2.54. The van der Waals surface area contributed by atoms with Crippen molar-refractivity contribution < 1.29 is 23.5 Å². The molecule has 0 aliphatic heterocycles. The van der Waals surface area contributed by atoms with Crippen LogP contribution in [0.5, 0.6) is 0 Å². The Morgan fingerprint density at radius 3 is 2.28 bits per heavy atom. The lowest BCUT2D eigenvalue weighted by molar-refractivity contribution is -0.138. The molecule has 2 atom stereocenters. The van der Waals surface area contributed by atoms with Crippen molar-refractivity contribution in [2.24, 2.45) is 0 Å². The van der Waals surface area contributed by atoms with Gasteiger partial charge in [-0.25, -0.2) is 8.78 Å². The van der Waals surface area contributed by atoms with E-state index in [9.17, 15) is 18.4 Å². The van der Waals surface area contributed by atoms with Crippen molar-refractivity contribution in [3.05, 3.63) is 65.2 Å². The lowest BCUT2D eigenvalue weighted by atomic mass is 9.96. The summed E-state index contributed by atoms with van der Waals surface area (Å²) in [6.07, 6.45) is 0.0375. The highest BCUT2D eigenvalue weighted by Crippen LogP contribution is 2.24. The van der Waals surface area contributed by atoms with Gasteiger partial charge in [-0.2, -0.15) is 0 Å². The molecule has 0 fully saturated rings. The van der Waals surface area contributed by atoms with Crippen LogP contribution < -0.4 is 5.32 Å². The molecule has 2 unspecified atom stereocenters. The van der Waals surface area contributed by atoms with Crippen LogP contribution in [0.3, 0.4) is 0 Å². The van der Waals surface area contributed by atoms with E-state index in [1.807, 2.05) is 0 Å². The molecule has 0 radical (unpaired) electrons. The maximum atomic E-state index is 13.7. The zero-order valence-corrected chi connectivity index (χ0v) is 13.9. The highest BCUT2D eigenvalue weighted by molar-refractivity contribution is 5.91. The number of carbonyl (C=O) groups is 2. The topological polar surface area (TPSA) is 66.4 Å². The number of aliphatic carboxylic acids is 1. The molecule has 0 aliphatic carbocycles. The van der Waals surface area contributed by atoms with Gasteiger partial charge in [0.05, 0.1) is 5.92 Å². The first-order valence-electron chi connectivity index (χ1n) is 7.85. The summed E-state index contributed by atoms with van der Waals surface area (Å²) in [4.78, 5) is 23.0. The van der Waals surface area contributed by atoms with Crippen molar-refractivity contribution in [3.63, 3.8) is 0 Å². The fourth-order valence-corrected chi connectivity index (χ4v) is 2.50. The molecule has 2 rings (SSSR count). The predicted molar refractivity (Wildman–Crippen MR) is 90.5 cm³/mol. The summed E-state index contributed by atoms with van der Waals surface area (Å²) in [6, 6.07) is 9.81. The molecular weight excluding hydrogens is 328 g/mol. The quantitative estimate of drug-likeness (QED) is 0.819. The summed E-state index contributed by atoms with van der Waals surface area (Å²) in [5.74, 6) is -3.61. The minimum atomic E-state index is -0.924. The van der Waals surface area contributed by atoms with Crippen molar-refractivity contribution >= 4 is 17.6 Å². The number of hydrogen-bond acceptors (Lipinski definition) is 2. The second kappa shape index (κ2) is 7.88. The van der Waals surface area contributed by atoms with Crippen LogP contribution >= 0.6 is 0 Å². The Morgan fingerprint density at radius 2 is 1.72 bits per heavy atom. The van der Waals surface area contributed by atoms with Crippen LogP contribution in [-0.2, 0) is 9.59 Å². The Balaban J connectivity index is 1.99. The first-order chi connectivity index (χ1) is 11.8. The Kier molecular flexibility index (Phi) is 5.85. The van der Waals surface area contributed by atoms with Gasteiger partial charge in [0.15, 0.2) is 0 Å². The molecule has 0 heterocycles. The molecule has 4 nitrogen and oxygen atoms in total. The second-order valence-corrected chi connectivity index (χ2v) is 6.00. The van der Waals surface area contributed by atoms with E-state index in [0.717, 1.165) is 12.1 Å². The number of carboxylic acids is 1. The number of anilines is 1. The maximum Gasteiger partial charge on any atom is 0.310 e. The van der Waals surface area contributed by atoms with Crippen molar-refractivity contribution in [3.8, 4) is 0 Å². The molecular formula is C19H19F2NO3. The second-order valence-electron chi connectivity index (χ2n) is 6.00. The van der Waals surface area contributed by atoms with E-state index in [-0.39, 0.29) is 17.9 Å². The van der Waals surface area contributed by atoms with Crippen LogP contribution in [0, 0.1) is 11.6 Å². The Bertz CT molecular complexity index is 775. The number of halogens is 2. The summed E-state index contributed by atoms with van der Waals surface area (Å²) in [6.45, 7) is 3.27. The van der Waals surface area contributed by atoms with Crippen LogP contribution in [0.1, 0.15) is 43.2 Å². The molecule has 132 valence electrons. The minimum absolute atomic E-state index is 0.0375. The standard InChI is InChI=1S/C19H19F2NO3/c1-11(16-8-5-14(20)10-17(16)21)9-18(23)22-15-6-3-13(4-7-15)12(2)19(24)25/h3-8,10-12H,9H2,1-2H3,(H,22,23)(H,24,25). The number of carbonyl (C=O) groups excluding carboxylic acids is 1. The predicted octanol–water partition coefficient (Wildman–Crippen LogP) is 4.29. The van der Waals surface area contributed by atoms with Gasteiger partial charge in [0, 0.05) is 18.2 Å². The first kappa shape index (κ1) is 18.6. The Labute approximate surface area is 144 Å². The van der Waals surface area contributed by atoms with Gasteiger partial charge >= 0.3 is 5.97 Å². The lowest BCUT2D eigenvalue weighted by Crippen LogP contribution is -2.15. The molecule has 0 spiro atoms. The molecule has 0 aromatic heterocycles. The van der Waals surface area contributed by atoms with E-state index in [1.54, 1.807) is 38.1 Å². The summed E-state index contributed by atoms with van der Waals surface area (Å²) < 4.78 is 26.7. The van der Waals surface area contributed by atoms with Crippen LogP contribution in [0.25, 0.3) is 0 Å². The highest BCUT2D eigenvalue weighted by atomic mass is 19.1. The van der Waals surface area contributed by atoms with E-state index in [4.69, 9.17) is 5.11 Å². The fraction of sp³-hybridized carbons (Fsp3) is 0.263. The number of hydrogen-bond donors (Lipinski definition) is 2. The molecule has 0 saturated carbocycles. The van der Waals surface area contributed by atoms with Gasteiger partial charge < -0.3 is 10.4 Å². The van der Waals surface area contributed by atoms with Crippen LogP contribution in [0.4, 0.5) is 14.5 Å². The molecule has 0 bridgehead atoms.